The summed E-state index contributed by atoms with van der Waals surface area (Å²) >= 11 is 0. The SMILES string of the molecule is C=CCO[C@@H](CCC(C)C)C(=O)N(O)C(=O)N[C@@H](CC1CCCCC1)C(=O)NC. The standard InChI is InChI=1S/C21H37N3O5/c1-5-13-29-18(12-11-15(2)3)20(26)24(28)21(27)23-17(19(25)22-4)14-16-9-7-6-8-10-16/h5,15-18,28H,1,6-14H2,2-4H3,(H,22,25)(H,23,27)/t17-,18-/m0/s1. The number of ether oxygens (including phenoxy) is 1. The number of carbonyl (C=O) groups excluding carboxylic acids is 3. The Morgan fingerprint density at radius 3 is 2.41 bits per heavy atom. The van der Waals surface area contributed by atoms with Gasteiger partial charge < -0.3 is 15.4 Å². The van der Waals surface area contributed by atoms with Crippen LogP contribution in [-0.4, -0.2) is 53.9 Å². The Bertz CT molecular complexity index is 546. The molecule has 0 bridgehead atoms. The average Bonchev–Trinajstić information content (AvgIpc) is 2.72. The third-order valence-electron chi connectivity index (χ3n) is 5.25. The maximum Gasteiger partial charge on any atom is 0.349 e. The summed E-state index contributed by atoms with van der Waals surface area (Å²) in [5, 5.41) is 15.2. The van der Waals surface area contributed by atoms with Gasteiger partial charge in [0.15, 0.2) is 0 Å². The van der Waals surface area contributed by atoms with Gasteiger partial charge in [-0.15, -0.1) is 11.6 Å². The Labute approximate surface area is 174 Å². The number of likely N-dealkylation sites (N-methyl/N-ethyl adjacent to an activating group) is 1. The highest BCUT2D eigenvalue weighted by molar-refractivity contribution is 5.97. The third kappa shape index (κ3) is 8.95. The molecule has 1 aliphatic carbocycles. The summed E-state index contributed by atoms with van der Waals surface area (Å²) in [4.78, 5) is 37.3. The molecule has 0 radical (unpaired) electrons. The summed E-state index contributed by atoms with van der Waals surface area (Å²) in [6, 6.07) is -1.82. The first-order chi connectivity index (χ1) is 13.8. The van der Waals surface area contributed by atoms with E-state index in [0.717, 1.165) is 25.7 Å². The first-order valence-corrected chi connectivity index (χ1v) is 10.6. The minimum Gasteiger partial charge on any atom is -0.364 e. The van der Waals surface area contributed by atoms with Crippen molar-refractivity contribution < 1.29 is 24.3 Å². The van der Waals surface area contributed by atoms with Crippen LogP contribution in [0.3, 0.4) is 0 Å². The predicted octanol–water partition coefficient (Wildman–Crippen LogP) is 3.01. The van der Waals surface area contributed by atoms with E-state index in [9.17, 15) is 19.6 Å². The van der Waals surface area contributed by atoms with Crippen molar-refractivity contribution in [3.05, 3.63) is 12.7 Å². The van der Waals surface area contributed by atoms with Crippen LogP contribution >= 0.6 is 0 Å². The lowest BCUT2D eigenvalue weighted by atomic mass is 9.84. The fraction of sp³-hybridized carbons (Fsp3) is 0.762. The van der Waals surface area contributed by atoms with Gasteiger partial charge in [-0.3, -0.25) is 14.8 Å². The quantitative estimate of drug-likeness (QED) is 0.275. The molecule has 3 N–H and O–H groups in total. The molecule has 0 aromatic carbocycles. The second-order valence-electron chi connectivity index (χ2n) is 8.09. The van der Waals surface area contributed by atoms with E-state index in [1.807, 2.05) is 13.8 Å². The number of carbonyl (C=O) groups is 3. The van der Waals surface area contributed by atoms with Gasteiger partial charge in [0.05, 0.1) is 6.61 Å². The van der Waals surface area contributed by atoms with Crippen molar-refractivity contribution in [1.82, 2.24) is 15.7 Å². The second kappa shape index (κ2) is 13.3. The lowest BCUT2D eigenvalue weighted by molar-refractivity contribution is -0.165. The molecular weight excluding hydrogens is 374 g/mol. The molecule has 0 heterocycles. The Morgan fingerprint density at radius 1 is 1.21 bits per heavy atom. The highest BCUT2D eigenvalue weighted by atomic mass is 16.5. The molecule has 29 heavy (non-hydrogen) atoms. The number of nitrogens with zero attached hydrogens (tertiary/aromatic N) is 1. The molecule has 0 spiro atoms. The number of hydrogen-bond donors (Lipinski definition) is 3. The molecule has 1 rings (SSSR count). The maximum atomic E-state index is 12.6. The van der Waals surface area contributed by atoms with E-state index < -0.39 is 24.1 Å². The largest absolute Gasteiger partial charge is 0.364 e. The van der Waals surface area contributed by atoms with Gasteiger partial charge in [0.25, 0.3) is 5.91 Å². The summed E-state index contributed by atoms with van der Waals surface area (Å²) in [7, 11) is 1.50. The minimum absolute atomic E-state index is 0.0326. The zero-order chi connectivity index (χ0) is 21.8. The number of amides is 4. The molecule has 166 valence electrons. The van der Waals surface area contributed by atoms with E-state index in [4.69, 9.17) is 4.74 Å². The first kappa shape index (κ1) is 25.1. The molecule has 4 amide bonds. The number of hydrogen-bond acceptors (Lipinski definition) is 5. The number of imide groups is 1. The molecule has 1 saturated carbocycles. The molecule has 0 aromatic rings. The lowest BCUT2D eigenvalue weighted by Crippen LogP contribution is -2.53. The van der Waals surface area contributed by atoms with Crippen LogP contribution in [0, 0.1) is 11.8 Å². The topological polar surface area (TPSA) is 108 Å². The van der Waals surface area contributed by atoms with Crippen molar-refractivity contribution in [2.45, 2.75) is 77.4 Å². The number of urea groups is 1. The summed E-state index contributed by atoms with van der Waals surface area (Å²) < 4.78 is 5.44. The van der Waals surface area contributed by atoms with Crippen LogP contribution in [0.2, 0.25) is 0 Å². The summed E-state index contributed by atoms with van der Waals surface area (Å²) in [6.45, 7) is 7.71. The van der Waals surface area contributed by atoms with Crippen LogP contribution in [0.25, 0.3) is 0 Å². The molecule has 0 saturated heterocycles. The van der Waals surface area contributed by atoms with Crippen LogP contribution in [0.5, 0.6) is 0 Å². The van der Waals surface area contributed by atoms with Crippen LogP contribution in [0.1, 0.15) is 65.2 Å². The Balaban J connectivity index is 2.75. The molecular formula is C21H37N3O5. The van der Waals surface area contributed by atoms with Gasteiger partial charge in [0, 0.05) is 7.05 Å². The van der Waals surface area contributed by atoms with Gasteiger partial charge >= 0.3 is 6.03 Å². The summed E-state index contributed by atoms with van der Waals surface area (Å²) in [5.41, 5.74) is 0. The van der Waals surface area contributed by atoms with Gasteiger partial charge in [-0.25, -0.2) is 4.79 Å². The smallest absolute Gasteiger partial charge is 0.349 e. The van der Waals surface area contributed by atoms with Gasteiger partial charge in [0.2, 0.25) is 5.91 Å². The van der Waals surface area contributed by atoms with Gasteiger partial charge in [-0.05, 0) is 31.1 Å². The van der Waals surface area contributed by atoms with Crippen molar-refractivity contribution in [1.29, 1.82) is 0 Å². The maximum absolute atomic E-state index is 12.6. The molecule has 8 heteroatoms. The molecule has 0 aliphatic heterocycles. The van der Waals surface area contributed by atoms with Crippen molar-refractivity contribution in [2.75, 3.05) is 13.7 Å². The van der Waals surface area contributed by atoms with E-state index in [1.165, 1.54) is 19.5 Å². The van der Waals surface area contributed by atoms with Crippen molar-refractivity contribution in [3.63, 3.8) is 0 Å². The van der Waals surface area contributed by atoms with Crippen molar-refractivity contribution in [3.8, 4) is 0 Å². The second-order valence-corrected chi connectivity index (χ2v) is 8.09. The fourth-order valence-corrected chi connectivity index (χ4v) is 3.56. The van der Waals surface area contributed by atoms with Crippen molar-refractivity contribution in [2.24, 2.45) is 11.8 Å². The van der Waals surface area contributed by atoms with Crippen LogP contribution in [0.4, 0.5) is 4.79 Å². The molecule has 0 unspecified atom stereocenters. The highest BCUT2D eigenvalue weighted by Crippen LogP contribution is 2.27. The molecule has 2 atom stereocenters. The van der Waals surface area contributed by atoms with E-state index in [2.05, 4.69) is 17.2 Å². The Morgan fingerprint density at radius 2 is 1.86 bits per heavy atom. The molecule has 1 aliphatic rings. The van der Waals surface area contributed by atoms with Gasteiger partial charge in [-0.1, -0.05) is 52.0 Å². The Kier molecular flexibility index (Phi) is 11.5. The fourth-order valence-electron chi connectivity index (χ4n) is 3.56. The van der Waals surface area contributed by atoms with Gasteiger partial charge in [0.1, 0.15) is 12.1 Å². The van der Waals surface area contributed by atoms with E-state index in [1.54, 1.807) is 0 Å². The van der Waals surface area contributed by atoms with Crippen LogP contribution in [0.15, 0.2) is 12.7 Å². The predicted molar refractivity (Wildman–Crippen MR) is 110 cm³/mol. The molecule has 8 nitrogen and oxygen atoms in total. The van der Waals surface area contributed by atoms with Crippen LogP contribution in [-0.2, 0) is 14.3 Å². The van der Waals surface area contributed by atoms with Gasteiger partial charge in [-0.2, -0.15) is 0 Å². The van der Waals surface area contributed by atoms with Crippen LogP contribution < -0.4 is 10.6 Å². The normalized spacial score (nSPS) is 16.7. The zero-order valence-corrected chi connectivity index (χ0v) is 18.0. The average molecular weight is 412 g/mol. The number of rotatable bonds is 11. The van der Waals surface area contributed by atoms with E-state index in [0.29, 0.717) is 31.1 Å². The summed E-state index contributed by atoms with van der Waals surface area (Å²) in [6.07, 6.45) is 7.54. The highest BCUT2D eigenvalue weighted by Gasteiger charge is 2.32. The minimum atomic E-state index is -1.02. The number of hydroxylamine groups is 2. The Hall–Kier alpha value is -1.93. The summed E-state index contributed by atoms with van der Waals surface area (Å²) in [5.74, 6) is -0.516. The molecule has 0 aromatic heterocycles. The monoisotopic (exact) mass is 411 g/mol. The number of nitrogens with one attached hydrogen (secondary N) is 2. The van der Waals surface area contributed by atoms with Crippen molar-refractivity contribution >= 4 is 17.8 Å². The first-order valence-electron chi connectivity index (χ1n) is 10.6. The zero-order valence-electron chi connectivity index (χ0n) is 18.0. The van der Waals surface area contributed by atoms with E-state index >= 15 is 0 Å². The molecule has 1 fully saturated rings. The van der Waals surface area contributed by atoms with E-state index in [-0.39, 0.29) is 17.6 Å². The third-order valence-corrected chi connectivity index (χ3v) is 5.25. The lowest BCUT2D eigenvalue weighted by Gasteiger charge is -2.27.